The first kappa shape index (κ1) is 15.8. The van der Waals surface area contributed by atoms with Crippen LogP contribution in [0.5, 0.6) is 0 Å². The number of halogens is 1. The molecular formula is C20H16BrN2O2+. The van der Waals surface area contributed by atoms with Gasteiger partial charge in [0.1, 0.15) is 5.52 Å². The van der Waals surface area contributed by atoms with Crippen molar-refractivity contribution in [3.8, 4) is 0 Å². The Bertz CT molecular complexity index is 1090. The lowest BCUT2D eigenvalue weighted by atomic mass is 10.1. The van der Waals surface area contributed by atoms with Gasteiger partial charge in [0.15, 0.2) is 0 Å². The zero-order valence-electron chi connectivity index (χ0n) is 13.6. The van der Waals surface area contributed by atoms with Gasteiger partial charge in [-0.3, -0.25) is 0 Å². The van der Waals surface area contributed by atoms with Gasteiger partial charge in [-0.15, -0.1) is 4.68 Å². The van der Waals surface area contributed by atoms with Crippen LogP contribution in [0.2, 0.25) is 0 Å². The van der Waals surface area contributed by atoms with Gasteiger partial charge < -0.3 is 4.74 Å². The lowest BCUT2D eigenvalue weighted by Crippen LogP contribution is -2.43. The number of hydrogen-bond acceptors (Lipinski definition) is 2. The fourth-order valence-electron chi connectivity index (χ4n) is 3.06. The number of nitrogens with zero attached hydrogens (tertiary/aromatic N) is 2. The summed E-state index contributed by atoms with van der Waals surface area (Å²) < 4.78 is 9.80. The van der Waals surface area contributed by atoms with Gasteiger partial charge in [-0.05, 0) is 45.8 Å². The van der Waals surface area contributed by atoms with Crippen molar-refractivity contribution in [1.29, 1.82) is 0 Å². The molecule has 0 unspecified atom stereocenters. The monoisotopic (exact) mass is 395 g/mol. The van der Waals surface area contributed by atoms with Gasteiger partial charge in [-0.1, -0.05) is 35.0 Å². The van der Waals surface area contributed by atoms with E-state index in [1.807, 2.05) is 59.0 Å². The number of benzene rings is 2. The van der Waals surface area contributed by atoms with Crippen LogP contribution in [0.15, 0.2) is 71.5 Å². The third-order valence-corrected chi connectivity index (χ3v) is 4.95. The van der Waals surface area contributed by atoms with E-state index in [0.717, 1.165) is 26.1 Å². The normalized spacial score (nSPS) is 11.1. The van der Waals surface area contributed by atoms with Crippen LogP contribution in [-0.4, -0.2) is 17.3 Å². The minimum atomic E-state index is -0.356. The van der Waals surface area contributed by atoms with Crippen LogP contribution in [0.25, 0.3) is 21.7 Å². The van der Waals surface area contributed by atoms with Crippen LogP contribution in [0.3, 0.4) is 0 Å². The number of fused-ring (bicyclic) bond motifs is 2. The third-order valence-electron chi connectivity index (χ3n) is 4.15. The minimum Gasteiger partial charge on any atom is -0.461 e. The van der Waals surface area contributed by atoms with E-state index in [9.17, 15) is 4.79 Å². The molecule has 4 rings (SSSR count). The van der Waals surface area contributed by atoms with E-state index in [0.29, 0.717) is 12.3 Å². The van der Waals surface area contributed by atoms with Crippen LogP contribution in [0.4, 0.5) is 0 Å². The Morgan fingerprint density at radius 3 is 2.44 bits per heavy atom. The molecule has 25 heavy (non-hydrogen) atoms. The molecule has 0 bridgehead atoms. The molecule has 0 atom stereocenters. The number of carbonyl (C=O) groups excluding carboxylic acids is 1. The molecule has 0 saturated heterocycles. The highest BCUT2D eigenvalue weighted by Gasteiger charge is 2.28. The Hall–Kier alpha value is -2.66. The first-order valence-electron chi connectivity index (χ1n) is 8.07. The predicted molar refractivity (Wildman–Crippen MR) is 101 cm³/mol. The lowest BCUT2D eigenvalue weighted by Gasteiger charge is -2.05. The third kappa shape index (κ3) is 2.61. The van der Waals surface area contributed by atoms with Crippen LogP contribution < -0.4 is 4.68 Å². The topological polar surface area (TPSA) is 35.1 Å². The Morgan fingerprint density at radius 1 is 1.08 bits per heavy atom. The number of ether oxygens (including phenoxy) is 1. The van der Waals surface area contributed by atoms with Crippen LogP contribution in [0, 0.1) is 0 Å². The molecule has 2 aromatic heterocycles. The average molecular weight is 396 g/mol. The summed E-state index contributed by atoms with van der Waals surface area (Å²) in [6.45, 7) is 2.14. The van der Waals surface area contributed by atoms with Crippen molar-refractivity contribution < 1.29 is 14.2 Å². The van der Waals surface area contributed by atoms with Gasteiger partial charge >= 0.3 is 5.97 Å². The van der Waals surface area contributed by atoms with E-state index >= 15 is 0 Å². The molecule has 0 radical (unpaired) electrons. The molecule has 0 aliphatic carbocycles. The van der Waals surface area contributed by atoms with E-state index in [2.05, 4.69) is 40.2 Å². The smallest absolute Gasteiger partial charge is 0.362 e. The molecule has 4 aromatic rings. The number of rotatable bonds is 3. The van der Waals surface area contributed by atoms with Crippen molar-refractivity contribution in [3.05, 3.63) is 77.2 Å². The van der Waals surface area contributed by atoms with Crippen molar-refractivity contribution >= 4 is 43.6 Å². The Kier molecular flexibility index (Phi) is 4.01. The maximum Gasteiger partial charge on any atom is 0.362 e. The Labute approximate surface area is 153 Å². The van der Waals surface area contributed by atoms with Gasteiger partial charge in [0.25, 0.3) is 0 Å². The average Bonchev–Trinajstić information content (AvgIpc) is 2.93. The highest BCUT2D eigenvalue weighted by Crippen LogP contribution is 2.33. The molecule has 0 aliphatic heterocycles. The first-order chi connectivity index (χ1) is 12.2. The number of hydrogen-bond donors (Lipinski definition) is 0. The highest BCUT2D eigenvalue weighted by atomic mass is 79.9. The van der Waals surface area contributed by atoms with Crippen LogP contribution in [-0.2, 0) is 4.74 Å². The van der Waals surface area contributed by atoms with Gasteiger partial charge in [0.05, 0.1) is 11.1 Å². The second-order valence-electron chi connectivity index (χ2n) is 5.67. The lowest BCUT2D eigenvalue weighted by molar-refractivity contribution is -0.724. The van der Waals surface area contributed by atoms with Gasteiger partial charge in [0.2, 0.25) is 18.1 Å². The summed E-state index contributed by atoms with van der Waals surface area (Å²) in [5.41, 5.74) is 1.41. The molecule has 5 heteroatoms. The maximum atomic E-state index is 12.6. The molecule has 0 amide bonds. The fourth-order valence-corrected chi connectivity index (χ4v) is 3.71. The fraction of sp³-hybridized carbons (Fsp3) is 0.100. The second kappa shape index (κ2) is 6.33. The molecule has 4 nitrogen and oxygen atoms in total. The van der Waals surface area contributed by atoms with E-state index in [1.54, 1.807) is 0 Å². The summed E-state index contributed by atoms with van der Waals surface area (Å²) in [6.07, 6.45) is 3.81. The molecule has 124 valence electrons. The largest absolute Gasteiger partial charge is 0.461 e. The summed E-state index contributed by atoms with van der Waals surface area (Å²) in [5.74, 6) is -0.356. The molecule has 2 aromatic carbocycles. The molecule has 0 saturated carbocycles. The molecule has 0 N–H and O–H groups in total. The van der Waals surface area contributed by atoms with E-state index in [-0.39, 0.29) is 5.97 Å². The molecular weight excluding hydrogens is 380 g/mol. The minimum absolute atomic E-state index is 0.328. The van der Waals surface area contributed by atoms with Crippen molar-refractivity contribution in [2.75, 3.05) is 6.61 Å². The van der Waals surface area contributed by atoms with Crippen LogP contribution in [0.1, 0.15) is 17.4 Å². The van der Waals surface area contributed by atoms with Crippen molar-refractivity contribution in [1.82, 2.24) is 4.68 Å². The Morgan fingerprint density at radius 2 is 1.76 bits per heavy atom. The summed E-state index contributed by atoms with van der Waals surface area (Å²) in [6, 6.07) is 18.1. The van der Waals surface area contributed by atoms with Gasteiger partial charge in [-0.2, -0.15) is 0 Å². The van der Waals surface area contributed by atoms with Crippen molar-refractivity contribution in [2.45, 2.75) is 6.92 Å². The van der Waals surface area contributed by atoms with Gasteiger partial charge in [0, 0.05) is 17.5 Å². The summed E-state index contributed by atoms with van der Waals surface area (Å²) >= 11 is 3.62. The summed E-state index contributed by atoms with van der Waals surface area (Å²) in [4.78, 5) is 12.6. The number of aromatic nitrogens is 2. The Balaban J connectivity index is 2.12. The summed E-state index contributed by atoms with van der Waals surface area (Å²) in [5, 5.41) is 3.22. The quantitative estimate of drug-likeness (QED) is 0.382. The number of carbonyl (C=O) groups is 1. The SMILES string of the molecule is CCOC(=O)c1c(Br)c2cc3ccccc3cc2n1-[n+]1ccccc1. The standard InChI is InChI=1S/C20H16BrN2O2/c1-2-25-20(24)19-18(21)16-12-14-8-4-5-9-15(14)13-17(16)23(19)22-10-6-3-7-11-22/h3-13H,2H2,1H3/q+1. The molecule has 0 fully saturated rings. The molecule has 0 aliphatic rings. The van der Waals surface area contributed by atoms with Crippen molar-refractivity contribution in [3.63, 3.8) is 0 Å². The van der Waals surface area contributed by atoms with E-state index in [4.69, 9.17) is 4.74 Å². The first-order valence-corrected chi connectivity index (χ1v) is 8.87. The zero-order chi connectivity index (χ0) is 17.4. The zero-order valence-corrected chi connectivity index (χ0v) is 15.2. The van der Waals surface area contributed by atoms with Gasteiger partial charge in [-0.25, -0.2) is 4.79 Å². The van der Waals surface area contributed by atoms with E-state index in [1.165, 1.54) is 0 Å². The van der Waals surface area contributed by atoms with Crippen molar-refractivity contribution in [2.24, 2.45) is 0 Å². The number of esters is 1. The summed E-state index contributed by atoms with van der Waals surface area (Å²) in [7, 11) is 0. The molecule has 2 heterocycles. The number of pyridine rings is 1. The maximum absolute atomic E-state index is 12.6. The molecule has 0 spiro atoms. The van der Waals surface area contributed by atoms with Crippen LogP contribution >= 0.6 is 15.9 Å². The van der Waals surface area contributed by atoms with E-state index < -0.39 is 0 Å². The predicted octanol–water partition coefficient (Wildman–Crippen LogP) is 4.33. The second-order valence-corrected chi connectivity index (χ2v) is 6.46. The highest BCUT2D eigenvalue weighted by molar-refractivity contribution is 9.10.